The van der Waals surface area contributed by atoms with E-state index < -0.39 is 10.0 Å². The van der Waals surface area contributed by atoms with Gasteiger partial charge in [0.05, 0.1) is 16.8 Å². The quantitative estimate of drug-likeness (QED) is 0.358. The van der Waals surface area contributed by atoms with Gasteiger partial charge in [0.1, 0.15) is 11.5 Å². The van der Waals surface area contributed by atoms with Crippen LogP contribution in [0.4, 0.5) is 5.69 Å². The molecule has 0 aliphatic carbocycles. The molecule has 0 amide bonds. The van der Waals surface area contributed by atoms with Gasteiger partial charge in [0, 0.05) is 12.7 Å². The molecule has 0 unspecified atom stereocenters. The molecule has 5 nitrogen and oxygen atoms in total. The van der Waals surface area contributed by atoms with Crippen molar-refractivity contribution >= 4 is 15.7 Å². The van der Waals surface area contributed by atoms with Gasteiger partial charge in [0.25, 0.3) is 10.0 Å². The molecule has 170 valence electrons. The number of hydrogen-bond donors (Lipinski definition) is 0. The molecule has 0 N–H and O–H groups in total. The summed E-state index contributed by atoms with van der Waals surface area (Å²) in [6.45, 7) is 8.62. The number of ether oxygens (including phenoxy) is 1. The zero-order valence-corrected chi connectivity index (χ0v) is 20.1. The van der Waals surface area contributed by atoms with Crippen LogP contribution >= 0.6 is 0 Å². The van der Waals surface area contributed by atoms with E-state index in [0.29, 0.717) is 18.0 Å². The van der Waals surface area contributed by atoms with Crippen LogP contribution in [0.3, 0.4) is 0 Å². The maximum atomic E-state index is 13.6. The van der Waals surface area contributed by atoms with Crippen molar-refractivity contribution in [1.82, 2.24) is 4.98 Å². The van der Waals surface area contributed by atoms with Crippen LogP contribution in [0.2, 0.25) is 0 Å². The Bertz CT molecular complexity index is 1110. The van der Waals surface area contributed by atoms with Crippen LogP contribution < -0.4 is 9.04 Å². The Labute approximate surface area is 192 Å². The Kier molecular flexibility index (Phi) is 7.91. The lowest BCUT2D eigenvalue weighted by molar-refractivity contribution is 0.480. The zero-order chi connectivity index (χ0) is 23.1. The number of rotatable bonds is 10. The minimum absolute atomic E-state index is 0.178. The lowest BCUT2D eigenvalue weighted by Gasteiger charge is -2.28. The van der Waals surface area contributed by atoms with E-state index in [-0.39, 0.29) is 10.8 Å². The lowest BCUT2D eigenvalue weighted by Crippen LogP contribution is -2.34. The van der Waals surface area contributed by atoms with E-state index in [9.17, 15) is 8.42 Å². The molecule has 0 bridgehead atoms. The van der Waals surface area contributed by atoms with Crippen LogP contribution in [-0.4, -0.2) is 19.9 Å². The summed E-state index contributed by atoms with van der Waals surface area (Å²) in [6.07, 6.45) is 6.55. The summed E-state index contributed by atoms with van der Waals surface area (Å²) in [5.41, 5.74) is 2.95. The third-order valence-corrected chi connectivity index (χ3v) is 6.96. The summed E-state index contributed by atoms with van der Waals surface area (Å²) in [5, 5.41) is 0. The highest BCUT2D eigenvalue weighted by atomic mass is 32.2. The number of pyridine rings is 1. The van der Waals surface area contributed by atoms with Crippen molar-refractivity contribution < 1.29 is 13.2 Å². The van der Waals surface area contributed by atoms with E-state index in [1.54, 1.807) is 48.8 Å². The van der Waals surface area contributed by atoms with Crippen molar-refractivity contribution in [2.75, 3.05) is 10.8 Å². The minimum Gasteiger partial charge on any atom is -0.456 e. The summed E-state index contributed by atoms with van der Waals surface area (Å²) in [5.74, 6) is 1.34. The van der Waals surface area contributed by atoms with E-state index in [1.165, 1.54) is 9.87 Å². The summed E-state index contributed by atoms with van der Waals surface area (Å²) in [6, 6.07) is 16.2. The molecule has 0 radical (unpaired) electrons. The maximum absolute atomic E-state index is 13.6. The first-order chi connectivity index (χ1) is 15.3. The van der Waals surface area contributed by atoms with Gasteiger partial charge in [-0.05, 0) is 79.3 Å². The molecule has 0 fully saturated rings. The monoisotopic (exact) mass is 452 g/mol. The summed E-state index contributed by atoms with van der Waals surface area (Å²) in [4.78, 5) is 4.27. The van der Waals surface area contributed by atoms with Gasteiger partial charge in [-0.2, -0.15) is 0 Å². The highest BCUT2D eigenvalue weighted by molar-refractivity contribution is 7.92. The van der Waals surface area contributed by atoms with Crippen molar-refractivity contribution in [3.8, 4) is 11.5 Å². The standard InChI is InChI=1S/C26H32N2O3S/c1-5-6-8-22-10-15-26(21(4)17-22)28(19-20(2)3)32(29,30)25-13-11-23(12-14-25)31-24-9-7-16-27-18-24/h7,9-18,20H,5-6,8,19H2,1-4H3. The lowest BCUT2D eigenvalue weighted by atomic mass is 10.0. The Balaban J connectivity index is 1.89. The van der Waals surface area contributed by atoms with E-state index in [4.69, 9.17) is 4.74 Å². The third-order valence-electron chi connectivity index (χ3n) is 5.16. The first-order valence-electron chi connectivity index (χ1n) is 11.1. The first kappa shape index (κ1) is 23.8. The molecule has 0 spiro atoms. The van der Waals surface area contributed by atoms with Crippen molar-refractivity contribution in [1.29, 1.82) is 0 Å². The molecule has 2 aromatic carbocycles. The predicted molar refractivity (Wildman–Crippen MR) is 130 cm³/mol. The molecule has 3 rings (SSSR count). The van der Waals surface area contributed by atoms with Crippen molar-refractivity contribution in [2.45, 2.75) is 51.9 Å². The number of benzene rings is 2. The second-order valence-electron chi connectivity index (χ2n) is 8.42. The van der Waals surface area contributed by atoms with Gasteiger partial charge < -0.3 is 4.74 Å². The number of aromatic nitrogens is 1. The molecule has 0 aliphatic heterocycles. The summed E-state index contributed by atoms with van der Waals surface area (Å²) in [7, 11) is -3.73. The van der Waals surface area contributed by atoms with E-state index in [2.05, 4.69) is 18.0 Å². The summed E-state index contributed by atoms with van der Waals surface area (Å²) < 4.78 is 34.5. The normalized spacial score (nSPS) is 11.5. The van der Waals surface area contributed by atoms with Gasteiger partial charge in [0.2, 0.25) is 0 Å². The van der Waals surface area contributed by atoms with Crippen molar-refractivity contribution in [3.05, 3.63) is 78.1 Å². The van der Waals surface area contributed by atoms with Crippen molar-refractivity contribution in [3.63, 3.8) is 0 Å². The molecule has 1 aromatic heterocycles. The Morgan fingerprint density at radius 2 is 1.78 bits per heavy atom. The molecule has 0 atom stereocenters. The fourth-order valence-corrected chi connectivity index (χ4v) is 5.23. The number of hydrogen-bond acceptors (Lipinski definition) is 4. The molecule has 0 saturated carbocycles. The smallest absolute Gasteiger partial charge is 0.264 e. The minimum atomic E-state index is -3.73. The highest BCUT2D eigenvalue weighted by Gasteiger charge is 2.27. The predicted octanol–water partition coefficient (Wildman–Crippen LogP) is 6.38. The second kappa shape index (κ2) is 10.6. The fraction of sp³-hybridized carbons (Fsp3) is 0.346. The van der Waals surface area contributed by atoms with Crippen LogP contribution in [-0.2, 0) is 16.4 Å². The van der Waals surface area contributed by atoms with Gasteiger partial charge in [-0.15, -0.1) is 0 Å². The molecule has 0 aliphatic rings. The fourth-order valence-electron chi connectivity index (χ4n) is 3.54. The molecule has 32 heavy (non-hydrogen) atoms. The molecule has 6 heteroatoms. The van der Waals surface area contributed by atoms with Crippen LogP contribution in [0.1, 0.15) is 44.7 Å². The molecule has 3 aromatic rings. The third kappa shape index (κ3) is 5.88. The van der Waals surface area contributed by atoms with Gasteiger partial charge in [-0.25, -0.2) is 8.42 Å². The van der Waals surface area contributed by atoms with Crippen molar-refractivity contribution in [2.24, 2.45) is 5.92 Å². The van der Waals surface area contributed by atoms with E-state index in [1.807, 2.05) is 32.9 Å². The Morgan fingerprint density at radius 1 is 1.03 bits per heavy atom. The molecule has 1 heterocycles. The molecular weight excluding hydrogens is 420 g/mol. The van der Waals surface area contributed by atoms with Crippen LogP contribution in [0.25, 0.3) is 0 Å². The van der Waals surface area contributed by atoms with Gasteiger partial charge in [0.15, 0.2) is 0 Å². The average molecular weight is 453 g/mol. The number of nitrogens with zero attached hydrogens (tertiary/aromatic N) is 2. The Morgan fingerprint density at radius 3 is 2.38 bits per heavy atom. The Hall–Kier alpha value is -2.86. The van der Waals surface area contributed by atoms with Gasteiger partial charge >= 0.3 is 0 Å². The van der Waals surface area contributed by atoms with Crippen LogP contribution in [0.5, 0.6) is 11.5 Å². The van der Waals surface area contributed by atoms with Crippen LogP contribution in [0.15, 0.2) is 71.9 Å². The molecular formula is C26H32N2O3S. The largest absolute Gasteiger partial charge is 0.456 e. The first-order valence-corrected chi connectivity index (χ1v) is 12.6. The number of anilines is 1. The topological polar surface area (TPSA) is 59.5 Å². The number of sulfonamides is 1. The second-order valence-corrected chi connectivity index (χ2v) is 10.3. The molecule has 0 saturated heterocycles. The van der Waals surface area contributed by atoms with Gasteiger partial charge in [-0.3, -0.25) is 9.29 Å². The number of unbranched alkanes of at least 4 members (excludes halogenated alkanes) is 1. The number of aryl methyl sites for hydroxylation is 2. The SMILES string of the molecule is CCCCc1ccc(N(CC(C)C)S(=O)(=O)c2ccc(Oc3cccnc3)cc2)c(C)c1. The van der Waals surface area contributed by atoms with E-state index in [0.717, 1.165) is 30.5 Å². The average Bonchev–Trinajstić information content (AvgIpc) is 2.77. The van der Waals surface area contributed by atoms with Crippen LogP contribution in [0, 0.1) is 12.8 Å². The van der Waals surface area contributed by atoms with Gasteiger partial charge in [-0.1, -0.05) is 39.3 Å². The summed E-state index contributed by atoms with van der Waals surface area (Å²) >= 11 is 0. The zero-order valence-electron chi connectivity index (χ0n) is 19.3. The van der Waals surface area contributed by atoms with E-state index >= 15 is 0 Å². The highest BCUT2D eigenvalue weighted by Crippen LogP contribution is 2.30. The maximum Gasteiger partial charge on any atom is 0.264 e.